The predicted molar refractivity (Wildman–Crippen MR) is 156 cm³/mol. The second kappa shape index (κ2) is 19.6. The molecule has 0 radical (unpaired) electrons. The molecule has 0 bridgehead atoms. The lowest BCUT2D eigenvalue weighted by Crippen LogP contribution is -2.58. The number of hydrogen-bond acceptors (Lipinski definition) is 8. The molecule has 0 unspecified atom stereocenters. The molecule has 0 aromatic heterocycles. The Bertz CT molecular complexity index is 893. The normalized spacial score (nSPS) is 14.8. The Balaban J connectivity index is 5.76. The molecule has 0 saturated carbocycles. The van der Waals surface area contributed by atoms with E-state index in [9.17, 15) is 29.1 Å². The Morgan fingerprint density at radius 2 is 1.24 bits per heavy atom. The number of amides is 4. The fourth-order valence-corrected chi connectivity index (χ4v) is 3.75. The molecule has 0 aliphatic heterocycles. The highest BCUT2D eigenvalue weighted by atomic mass is 16.4. The first-order chi connectivity index (χ1) is 19.1. The summed E-state index contributed by atoms with van der Waals surface area (Å²) in [6, 6.07) is -5.13. The van der Waals surface area contributed by atoms with Crippen molar-refractivity contribution < 1.29 is 29.1 Å². The van der Waals surface area contributed by atoms with Crippen LogP contribution in [0.25, 0.3) is 0 Å². The van der Waals surface area contributed by atoms with E-state index in [0.29, 0.717) is 25.8 Å². The first kappa shape index (κ1) is 37.5. The lowest BCUT2D eigenvalue weighted by molar-refractivity contribution is -0.142. The SMILES string of the molecule is CC(C)C[C@H](NC(=O)[C@H](CCCCN)NC(=O)[C@H](CCCN=C(N)N)NC(=O)[C@H](C)NC(=O)[C@@H](N)C(C)C)C(=O)O. The van der Waals surface area contributed by atoms with Gasteiger partial charge in [0.2, 0.25) is 23.6 Å². The third kappa shape index (κ3) is 15.8. The summed E-state index contributed by atoms with van der Waals surface area (Å²) < 4.78 is 0. The van der Waals surface area contributed by atoms with E-state index in [-0.39, 0.29) is 43.6 Å². The third-order valence-corrected chi connectivity index (χ3v) is 6.25. The molecular weight excluding hydrogens is 534 g/mol. The van der Waals surface area contributed by atoms with Crippen molar-refractivity contribution in [2.75, 3.05) is 13.1 Å². The Labute approximate surface area is 242 Å². The van der Waals surface area contributed by atoms with Gasteiger partial charge in [0.15, 0.2) is 5.96 Å². The smallest absolute Gasteiger partial charge is 0.326 e. The summed E-state index contributed by atoms with van der Waals surface area (Å²) in [5, 5.41) is 19.8. The minimum absolute atomic E-state index is 0.00376. The summed E-state index contributed by atoms with van der Waals surface area (Å²) in [4.78, 5) is 67.2. The zero-order valence-electron chi connectivity index (χ0n) is 24.9. The van der Waals surface area contributed by atoms with E-state index < -0.39 is 59.8 Å². The maximum atomic E-state index is 13.4. The number of carboxylic acids is 1. The molecule has 236 valence electrons. The molecule has 15 heteroatoms. The molecule has 5 atom stereocenters. The van der Waals surface area contributed by atoms with Gasteiger partial charge in [0.25, 0.3) is 0 Å². The van der Waals surface area contributed by atoms with Crippen LogP contribution in [0, 0.1) is 11.8 Å². The van der Waals surface area contributed by atoms with Gasteiger partial charge in [-0.2, -0.15) is 0 Å². The van der Waals surface area contributed by atoms with E-state index in [2.05, 4.69) is 26.3 Å². The number of nitrogens with zero attached hydrogens (tertiary/aromatic N) is 1. The molecule has 0 aliphatic carbocycles. The number of carbonyl (C=O) groups excluding carboxylic acids is 4. The molecule has 0 aliphatic rings. The van der Waals surface area contributed by atoms with Crippen molar-refractivity contribution in [3.63, 3.8) is 0 Å². The van der Waals surface area contributed by atoms with E-state index in [4.69, 9.17) is 22.9 Å². The number of unbranched alkanes of at least 4 members (excludes halogenated alkanes) is 1. The van der Waals surface area contributed by atoms with Gasteiger partial charge in [0, 0.05) is 6.54 Å². The molecule has 41 heavy (non-hydrogen) atoms. The second-order valence-electron chi connectivity index (χ2n) is 10.9. The maximum Gasteiger partial charge on any atom is 0.326 e. The molecule has 4 amide bonds. The van der Waals surface area contributed by atoms with E-state index >= 15 is 0 Å². The Kier molecular flexibility index (Phi) is 17.9. The Morgan fingerprint density at radius 1 is 0.732 bits per heavy atom. The Morgan fingerprint density at radius 3 is 1.71 bits per heavy atom. The van der Waals surface area contributed by atoms with Crippen LogP contribution >= 0.6 is 0 Å². The first-order valence-electron chi connectivity index (χ1n) is 14.1. The summed E-state index contributed by atoms with van der Waals surface area (Å²) in [6.07, 6.45) is 1.92. The van der Waals surface area contributed by atoms with Crippen molar-refractivity contribution in [3.8, 4) is 0 Å². The molecule has 0 saturated heterocycles. The van der Waals surface area contributed by atoms with Gasteiger partial charge in [-0.1, -0.05) is 27.7 Å². The van der Waals surface area contributed by atoms with E-state index in [0.717, 1.165) is 0 Å². The van der Waals surface area contributed by atoms with Gasteiger partial charge in [-0.15, -0.1) is 0 Å². The summed E-state index contributed by atoms with van der Waals surface area (Å²) in [5.41, 5.74) is 22.2. The fourth-order valence-electron chi connectivity index (χ4n) is 3.75. The summed E-state index contributed by atoms with van der Waals surface area (Å²) in [7, 11) is 0. The molecule has 0 heterocycles. The summed E-state index contributed by atoms with van der Waals surface area (Å²) in [6.45, 7) is 9.23. The summed E-state index contributed by atoms with van der Waals surface area (Å²) >= 11 is 0. The number of aliphatic imine (C=N–C) groups is 1. The highest BCUT2D eigenvalue weighted by Gasteiger charge is 2.31. The largest absolute Gasteiger partial charge is 0.480 e. The lowest BCUT2D eigenvalue weighted by atomic mass is 10.0. The van der Waals surface area contributed by atoms with Crippen molar-refractivity contribution in [1.82, 2.24) is 21.3 Å². The average Bonchev–Trinajstić information content (AvgIpc) is 2.87. The van der Waals surface area contributed by atoms with Gasteiger partial charge >= 0.3 is 5.97 Å². The third-order valence-electron chi connectivity index (χ3n) is 6.25. The second-order valence-corrected chi connectivity index (χ2v) is 10.9. The molecule has 15 nitrogen and oxygen atoms in total. The minimum atomic E-state index is -1.18. The number of nitrogens with one attached hydrogen (secondary N) is 4. The van der Waals surface area contributed by atoms with E-state index in [1.54, 1.807) is 13.8 Å². The van der Waals surface area contributed by atoms with Gasteiger partial charge in [0.05, 0.1) is 6.04 Å². The number of carbonyl (C=O) groups is 5. The highest BCUT2D eigenvalue weighted by molar-refractivity contribution is 5.95. The van der Waals surface area contributed by atoms with Gasteiger partial charge in [-0.3, -0.25) is 24.2 Å². The van der Waals surface area contributed by atoms with Crippen LogP contribution in [0.3, 0.4) is 0 Å². The molecule has 0 rings (SSSR count). The molecular formula is C26H51N9O6. The summed E-state index contributed by atoms with van der Waals surface area (Å²) in [5.74, 6) is -3.92. The standard InChI is InChI=1S/C26H51N9O6/c1-14(2)13-19(25(40)41)35-23(38)17(9-6-7-11-27)34-22(37)18(10-8-12-31-26(29)30)33-21(36)16(5)32-24(39)20(28)15(3)4/h14-20H,6-13,27-28H2,1-5H3,(H,32,39)(H,33,36)(H,34,37)(H,35,38)(H,40,41)(H4,29,30,31)/t16-,17-,18-,19-,20-/m0/s1. The molecule has 0 spiro atoms. The van der Waals surface area contributed by atoms with Crippen LogP contribution in [0.2, 0.25) is 0 Å². The van der Waals surface area contributed by atoms with Crippen molar-refractivity contribution >= 4 is 35.6 Å². The van der Waals surface area contributed by atoms with Crippen LogP contribution in [0.4, 0.5) is 0 Å². The maximum absolute atomic E-state index is 13.4. The van der Waals surface area contributed by atoms with Crippen molar-refractivity contribution in [2.45, 2.75) is 103 Å². The average molecular weight is 586 g/mol. The van der Waals surface area contributed by atoms with Gasteiger partial charge in [0.1, 0.15) is 24.2 Å². The molecule has 0 aromatic rings. The van der Waals surface area contributed by atoms with Crippen LogP contribution in [0.1, 0.15) is 73.1 Å². The highest BCUT2D eigenvalue weighted by Crippen LogP contribution is 2.09. The lowest BCUT2D eigenvalue weighted by Gasteiger charge is -2.26. The monoisotopic (exact) mass is 585 g/mol. The number of nitrogens with two attached hydrogens (primary N) is 4. The number of aliphatic carboxylic acids is 1. The predicted octanol–water partition coefficient (Wildman–Crippen LogP) is -1.76. The molecule has 0 aromatic carbocycles. The Hall–Kier alpha value is -3.46. The number of carboxylic acid groups (broad SMARTS) is 1. The quantitative estimate of drug-likeness (QED) is 0.0441. The topological polar surface area (TPSA) is 270 Å². The van der Waals surface area contributed by atoms with Crippen LogP contribution < -0.4 is 44.2 Å². The van der Waals surface area contributed by atoms with Crippen molar-refractivity contribution in [3.05, 3.63) is 0 Å². The van der Waals surface area contributed by atoms with E-state index in [1.807, 2.05) is 13.8 Å². The van der Waals surface area contributed by atoms with Gasteiger partial charge in [-0.25, -0.2) is 4.79 Å². The number of guanidine groups is 1. The van der Waals surface area contributed by atoms with Gasteiger partial charge < -0.3 is 49.3 Å². The van der Waals surface area contributed by atoms with Crippen LogP contribution in [-0.4, -0.2) is 84.0 Å². The van der Waals surface area contributed by atoms with Crippen LogP contribution in [0.5, 0.6) is 0 Å². The molecule has 13 N–H and O–H groups in total. The first-order valence-corrected chi connectivity index (χ1v) is 14.1. The van der Waals surface area contributed by atoms with Crippen molar-refractivity contribution in [1.29, 1.82) is 0 Å². The number of rotatable bonds is 20. The number of hydrogen-bond donors (Lipinski definition) is 9. The minimum Gasteiger partial charge on any atom is -0.480 e. The molecule has 0 fully saturated rings. The zero-order chi connectivity index (χ0) is 31.7. The van der Waals surface area contributed by atoms with Crippen LogP contribution in [0.15, 0.2) is 4.99 Å². The van der Waals surface area contributed by atoms with Gasteiger partial charge in [-0.05, 0) is 63.8 Å². The van der Waals surface area contributed by atoms with Crippen LogP contribution in [-0.2, 0) is 24.0 Å². The zero-order valence-corrected chi connectivity index (χ0v) is 24.9. The fraction of sp³-hybridized carbons (Fsp3) is 0.769. The van der Waals surface area contributed by atoms with E-state index in [1.165, 1.54) is 6.92 Å². The van der Waals surface area contributed by atoms with Crippen molar-refractivity contribution in [2.24, 2.45) is 39.8 Å².